The Morgan fingerprint density at radius 1 is 1.26 bits per heavy atom. The van der Waals surface area contributed by atoms with Crippen LogP contribution in [0.5, 0.6) is 0 Å². The number of ether oxygens (including phenoxy) is 1. The SMILES string of the molecule is CC(C)N(CC(CN)C(F)(F)F)C(=O)OC(C)(C)C. The first-order valence-corrected chi connectivity index (χ1v) is 6.15. The van der Waals surface area contributed by atoms with Crippen LogP contribution in [0.4, 0.5) is 18.0 Å². The number of amides is 1. The van der Waals surface area contributed by atoms with E-state index in [0.717, 1.165) is 4.90 Å². The molecule has 114 valence electrons. The fourth-order valence-corrected chi connectivity index (χ4v) is 1.37. The van der Waals surface area contributed by atoms with Gasteiger partial charge in [0, 0.05) is 19.1 Å². The van der Waals surface area contributed by atoms with Crippen LogP contribution in [0.25, 0.3) is 0 Å². The standard InChI is InChI=1S/C12H23F3N2O2/c1-8(2)17(10(18)19-11(3,4)5)7-9(6-16)12(13,14)15/h8-9H,6-7,16H2,1-5H3. The molecule has 0 bridgehead atoms. The molecular weight excluding hydrogens is 261 g/mol. The Kier molecular flexibility index (Phi) is 6.12. The van der Waals surface area contributed by atoms with E-state index in [0.29, 0.717) is 0 Å². The Bertz CT molecular complexity index is 298. The molecular formula is C12H23F3N2O2. The lowest BCUT2D eigenvalue weighted by atomic mass is 10.1. The Morgan fingerprint density at radius 3 is 2.00 bits per heavy atom. The molecule has 0 saturated carbocycles. The van der Waals surface area contributed by atoms with Gasteiger partial charge in [-0.05, 0) is 34.6 Å². The minimum absolute atomic E-state index is 0.397. The first-order valence-electron chi connectivity index (χ1n) is 6.15. The van der Waals surface area contributed by atoms with Crippen molar-refractivity contribution in [2.45, 2.75) is 52.4 Å². The molecule has 0 rings (SSSR count). The van der Waals surface area contributed by atoms with Gasteiger partial charge in [-0.2, -0.15) is 13.2 Å². The number of nitrogens with zero attached hydrogens (tertiary/aromatic N) is 1. The van der Waals surface area contributed by atoms with Crippen LogP contribution in [0.2, 0.25) is 0 Å². The first-order chi connectivity index (χ1) is 8.38. The summed E-state index contributed by atoms with van der Waals surface area (Å²) in [5.74, 6) is -1.75. The second-order valence-electron chi connectivity index (χ2n) is 5.70. The minimum Gasteiger partial charge on any atom is -0.444 e. The molecule has 0 heterocycles. The van der Waals surface area contributed by atoms with Crippen molar-refractivity contribution in [3.8, 4) is 0 Å². The summed E-state index contributed by atoms with van der Waals surface area (Å²) >= 11 is 0. The van der Waals surface area contributed by atoms with Crippen LogP contribution in [-0.2, 0) is 4.74 Å². The zero-order chi connectivity index (χ0) is 15.4. The van der Waals surface area contributed by atoms with E-state index in [1.54, 1.807) is 34.6 Å². The van der Waals surface area contributed by atoms with Crippen LogP contribution < -0.4 is 5.73 Å². The molecule has 1 unspecified atom stereocenters. The van der Waals surface area contributed by atoms with Gasteiger partial charge in [0.1, 0.15) is 5.60 Å². The second kappa shape index (κ2) is 6.45. The van der Waals surface area contributed by atoms with Gasteiger partial charge in [0.2, 0.25) is 0 Å². The van der Waals surface area contributed by atoms with Crippen molar-refractivity contribution < 1.29 is 22.7 Å². The van der Waals surface area contributed by atoms with Crippen LogP contribution in [0, 0.1) is 5.92 Å². The molecule has 1 amide bonds. The van der Waals surface area contributed by atoms with Gasteiger partial charge < -0.3 is 15.4 Å². The number of nitrogens with two attached hydrogens (primary N) is 1. The van der Waals surface area contributed by atoms with Crippen LogP contribution in [-0.4, -0.2) is 41.9 Å². The lowest BCUT2D eigenvalue weighted by Crippen LogP contribution is -2.47. The first kappa shape index (κ1) is 18.0. The minimum atomic E-state index is -4.43. The molecule has 1 atom stereocenters. The molecule has 4 nitrogen and oxygen atoms in total. The Balaban J connectivity index is 4.89. The third-order valence-corrected chi connectivity index (χ3v) is 2.42. The van der Waals surface area contributed by atoms with E-state index < -0.39 is 42.9 Å². The molecule has 0 aromatic rings. The smallest absolute Gasteiger partial charge is 0.410 e. The van der Waals surface area contributed by atoms with Crippen molar-refractivity contribution in [1.82, 2.24) is 4.90 Å². The van der Waals surface area contributed by atoms with Crippen LogP contribution in [0.15, 0.2) is 0 Å². The summed E-state index contributed by atoms with van der Waals surface area (Å²) in [6.07, 6.45) is -5.19. The molecule has 0 radical (unpaired) electrons. The van der Waals surface area contributed by atoms with E-state index in [4.69, 9.17) is 10.5 Å². The van der Waals surface area contributed by atoms with Crippen molar-refractivity contribution in [2.24, 2.45) is 11.7 Å². The number of hydrogen-bond donors (Lipinski definition) is 1. The lowest BCUT2D eigenvalue weighted by Gasteiger charge is -2.33. The molecule has 19 heavy (non-hydrogen) atoms. The monoisotopic (exact) mass is 284 g/mol. The average molecular weight is 284 g/mol. The van der Waals surface area contributed by atoms with E-state index >= 15 is 0 Å². The van der Waals surface area contributed by atoms with E-state index in [9.17, 15) is 18.0 Å². The van der Waals surface area contributed by atoms with Gasteiger partial charge in [0.15, 0.2) is 0 Å². The van der Waals surface area contributed by atoms with Gasteiger partial charge in [-0.3, -0.25) is 0 Å². The number of alkyl halides is 3. The summed E-state index contributed by atoms with van der Waals surface area (Å²) < 4.78 is 43.2. The summed E-state index contributed by atoms with van der Waals surface area (Å²) in [4.78, 5) is 12.9. The van der Waals surface area contributed by atoms with E-state index in [2.05, 4.69) is 0 Å². The molecule has 0 spiro atoms. The van der Waals surface area contributed by atoms with Gasteiger partial charge in [-0.25, -0.2) is 4.79 Å². The Labute approximate surface area is 112 Å². The number of rotatable bonds is 4. The second-order valence-corrected chi connectivity index (χ2v) is 5.70. The fraction of sp³-hybridized carbons (Fsp3) is 0.917. The third kappa shape index (κ3) is 6.66. The van der Waals surface area contributed by atoms with Crippen LogP contribution in [0.1, 0.15) is 34.6 Å². The van der Waals surface area contributed by atoms with Crippen LogP contribution in [0.3, 0.4) is 0 Å². The summed E-state index contributed by atoms with van der Waals surface area (Å²) in [5.41, 5.74) is 4.39. The molecule has 0 aliphatic rings. The molecule has 0 aliphatic heterocycles. The topological polar surface area (TPSA) is 55.6 Å². The van der Waals surface area contributed by atoms with E-state index in [-0.39, 0.29) is 0 Å². The molecule has 0 fully saturated rings. The van der Waals surface area contributed by atoms with Gasteiger partial charge >= 0.3 is 12.3 Å². The predicted molar refractivity (Wildman–Crippen MR) is 66.7 cm³/mol. The average Bonchev–Trinajstić information content (AvgIpc) is 2.12. The van der Waals surface area contributed by atoms with E-state index in [1.165, 1.54) is 0 Å². The molecule has 7 heteroatoms. The summed E-state index contributed by atoms with van der Waals surface area (Å²) in [6, 6.07) is -0.397. The van der Waals surface area contributed by atoms with E-state index in [1.807, 2.05) is 0 Å². The summed E-state index contributed by atoms with van der Waals surface area (Å²) in [7, 11) is 0. The van der Waals surface area contributed by atoms with Gasteiger partial charge in [-0.15, -0.1) is 0 Å². The number of carbonyl (C=O) groups is 1. The Hall–Kier alpha value is -0.980. The highest BCUT2D eigenvalue weighted by atomic mass is 19.4. The van der Waals surface area contributed by atoms with Gasteiger partial charge in [0.25, 0.3) is 0 Å². The van der Waals surface area contributed by atoms with Crippen molar-refractivity contribution in [2.75, 3.05) is 13.1 Å². The maximum absolute atomic E-state index is 12.7. The normalized spacial score (nSPS) is 14.4. The maximum atomic E-state index is 12.7. The number of carbonyl (C=O) groups excluding carboxylic acids is 1. The number of halogens is 3. The fourth-order valence-electron chi connectivity index (χ4n) is 1.37. The largest absolute Gasteiger partial charge is 0.444 e. The third-order valence-electron chi connectivity index (χ3n) is 2.42. The maximum Gasteiger partial charge on any atom is 0.410 e. The highest BCUT2D eigenvalue weighted by Crippen LogP contribution is 2.27. The predicted octanol–water partition coefficient (Wildman–Crippen LogP) is 2.77. The molecule has 0 aromatic carbocycles. The van der Waals surface area contributed by atoms with Crippen molar-refractivity contribution in [3.63, 3.8) is 0 Å². The zero-order valence-corrected chi connectivity index (χ0v) is 12.0. The molecule has 2 N–H and O–H groups in total. The highest BCUT2D eigenvalue weighted by Gasteiger charge is 2.41. The molecule has 0 aliphatic carbocycles. The lowest BCUT2D eigenvalue weighted by molar-refractivity contribution is -0.176. The molecule has 0 saturated heterocycles. The number of hydrogen-bond acceptors (Lipinski definition) is 3. The van der Waals surface area contributed by atoms with Crippen molar-refractivity contribution >= 4 is 6.09 Å². The van der Waals surface area contributed by atoms with Gasteiger partial charge in [-0.1, -0.05) is 0 Å². The quantitative estimate of drug-likeness (QED) is 0.863. The van der Waals surface area contributed by atoms with Crippen molar-refractivity contribution in [1.29, 1.82) is 0 Å². The van der Waals surface area contributed by atoms with Crippen molar-refractivity contribution in [3.05, 3.63) is 0 Å². The Morgan fingerprint density at radius 2 is 1.74 bits per heavy atom. The highest BCUT2D eigenvalue weighted by molar-refractivity contribution is 5.68. The zero-order valence-electron chi connectivity index (χ0n) is 12.0. The summed E-state index contributed by atoms with van der Waals surface area (Å²) in [5, 5.41) is 0. The summed E-state index contributed by atoms with van der Waals surface area (Å²) in [6.45, 7) is 7.19. The molecule has 0 aromatic heterocycles. The van der Waals surface area contributed by atoms with Crippen LogP contribution >= 0.6 is 0 Å². The van der Waals surface area contributed by atoms with Gasteiger partial charge in [0.05, 0.1) is 5.92 Å².